The molecule has 0 spiro atoms. The minimum Gasteiger partial charge on any atom is -0.396 e. The van der Waals surface area contributed by atoms with E-state index in [0.717, 1.165) is 6.07 Å². The molecule has 0 heterocycles. The molecule has 0 unspecified atom stereocenters. The second kappa shape index (κ2) is 6.00. The van der Waals surface area contributed by atoms with Crippen LogP contribution >= 0.6 is 0 Å². The molecule has 18 heavy (non-hydrogen) atoms. The van der Waals surface area contributed by atoms with Crippen LogP contribution in [0.3, 0.4) is 0 Å². The molecule has 2 amide bonds. The van der Waals surface area contributed by atoms with E-state index in [1.165, 1.54) is 17.0 Å². The van der Waals surface area contributed by atoms with Crippen molar-refractivity contribution in [2.75, 3.05) is 25.9 Å². The summed E-state index contributed by atoms with van der Waals surface area (Å²) in [6.45, 7) is 2.27. The van der Waals surface area contributed by atoms with Crippen molar-refractivity contribution in [2.24, 2.45) is 0 Å². The summed E-state index contributed by atoms with van der Waals surface area (Å²) in [5, 5.41) is 2.42. The smallest absolute Gasteiger partial charge is 0.251 e. The Morgan fingerprint density at radius 2 is 2.11 bits per heavy atom. The fraction of sp³-hybridized carbons (Fsp3) is 0.333. The average molecular weight is 253 g/mol. The van der Waals surface area contributed by atoms with Crippen LogP contribution in [-0.2, 0) is 4.79 Å². The van der Waals surface area contributed by atoms with E-state index in [2.05, 4.69) is 5.32 Å². The highest BCUT2D eigenvalue weighted by atomic mass is 19.1. The second-order valence-electron chi connectivity index (χ2n) is 3.83. The van der Waals surface area contributed by atoms with Gasteiger partial charge in [-0.15, -0.1) is 0 Å². The summed E-state index contributed by atoms with van der Waals surface area (Å²) in [4.78, 5) is 24.6. The second-order valence-corrected chi connectivity index (χ2v) is 3.83. The molecule has 0 saturated carbocycles. The van der Waals surface area contributed by atoms with E-state index in [-0.39, 0.29) is 23.7 Å². The Morgan fingerprint density at radius 3 is 2.67 bits per heavy atom. The molecule has 0 saturated heterocycles. The summed E-state index contributed by atoms with van der Waals surface area (Å²) in [5.41, 5.74) is 5.41. The third kappa shape index (κ3) is 3.44. The van der Waals surface area contributed by atoms with Crippen molar-refractivity contribution in [1.29, 1.82) is 0 Å². The normalized spacial score (nSPS) is 9.94. The van der Waals surface area contributed by atoms with Gasteiger partial charge in [0, 0.05) is 19.2 Å². The zero-order valence-electron chi connectivity index (χ0n) is 10.4. The van der Waals surface area contributed by atoms with Crippen LogP contribution in [0.15, 0.2) is 18.2 Å². The number of carbonyl (C=O) groups excluding carboxylic acids is 2. The van der Waals surface area contributed by atoms with Crippen LogP contribution in [-0.4, -0.2) is 36.9 Å². The van der Waals surface area contributed by atoms with Gasteiger partial charge in [-0.05, 0) is 25.1 Å². The quantitative estimate of drug-likeness (QED) is 0.772. The van der Waals surface area contributed by atoms with E-state index in [9.17, 15) is 14.0 Å². The Morgan fingerprint density at radius 1 is 1.44 bits per heavy atom. The summed E-state index contributed by atoms with van der Waals surface area (Å²) in [5.74, 6) is -1.37. The molecule has 1 aromatic carbocycles. The maximum atomic E-state index is 13.1. The molecular formula is C12H16FN3O2. The number of rotatable bonds is 4. The molecule has 0 fully saturated rings. The molecule has 0 bridgehead atoms. The molecular weight excluding hydrogens is 237 g/mol. The number of benzene rings is 1. The van der Waals surface area contributed by atoms with Crippen molar-refractivity contribution in [3.63, 3.8) is 0 Å². The lowest BCUT2D eigenvalue weighted by atomic mass is 10.2. The van der Waals surface area contributed by atoms with Crippen LogP contribution in [0.5, 0.6) is 0 Å². The number of anilines is 1. The van der Waals surface area contributed by atoms with Gasteiger partial charge in [-0.3, -0.25) is 9.59 Å². The number of hydrogen-bond acceptors (Lipinski definition) is 3. The summed E-state index contributed by atoms with van der Waals surface area (Å²) in [7, 11) is 1.64. The van der Waals surface area contributed by atoms with E-state index in [4.69, 9.17) is 5.73 Å². The largest absolute Gasteiger partial charge is 0.396 e. The van der Waals surface area contributed by atoms with Gasteiger partial charge in [0.25, 0.3) is 5.91 Å². The monoisotopic (exact) mass is 253 g/mol. The van der Waals surface area contributed by atoms with Gasteiger partial charge in [-0.1, -0.05) is 0 Å². The molecule has 1 aromatic rings. The molecule has 1 rings (SSSR count). The molecule has 0 radical (unpaired) electrons. The average Bonchev–Trinajstić information content (AvgIpc) is 2.37. The molecule has 6 heteroatoms. The molecule has 5 nitrogen and oxygen atoms in total. The first-order chi connectivity index (χ1) is 8.45. The van der Waals surface area contributed by atoms with Crippen LogP contribution in [0.2, 0.25) is 0 Å². The third-order valence-corrected chi connectivity index (χ3v) is 2.56. The minimum atomic E-state index is -0.653. The van der Waals surface area contributed by atoms with Gasteiger partial charge in [-0.25, -0.2) is 4.39 Å². The lowest BCUT2D eigenvalue weighted by Crippen LogP contribution is -2.38. The van der Waals surface area contributed by atoms with Gasteiger partial charge in [-0.2, -0.15) is 0 Å². The van der Waals surface area contributed by atoms with Gasteiger partial charge >= 0.3 is 0 Å². The lowest BCUT2D eigenvalue weighted by Gasteiger charge is -2.14. The van der Waals surface area contributed by atoms with Crippen LogP contribution < -0.4 is 11.1 Å². The predicted molar refractivity (Wildman–Crippen MR) is 66.5 cm³/mol. The van der Waals surface area contributed by atoms with E-state index in [1.54, 1.807) is 7.05 Å². The van der Waals surface area contributed by atoms with E-state index in [0.29, 0.717) is 6.54 Å². The number of nitrogens with one attached hydrogen (secondary N) is 1. The number of nitrogens with zero attached hydrogens (tertiary/aromatic N) is 1. The van der Waals surface area contributed by atoms with Crippen LogP contribution in [0.25, 0.3) is 0 Å². The highest BCUT2D eigenvalue weighted by Gasteiger charge is 2.11. The number of amides is 2. The molecule has 98 valence electrons. The van der Waals surface area contributed by atoms with Crippen LogP contribution in [0.4, 0.5) is 10.1 Å². The first-order valence-corrected chi connectivity index (χ1v) is 5.53. The maximum Gasteiger partial charge on any atom is 0.251 e. The van der Waals surface area contributed by atoms with Gasteiger partial charge in [0.15, 0.2) is 0 Å². The standard InChI is InChI=1S/C12H16FN3O2/c1-3-16(2)11(17)7-15-12(18)8-4-5-10(14)9(13)6-8/h4-6H,3,7,14H2,1-2H3,(H,15,18). The SMILES string of the molecule is CCN(C)C(=O)CNC(=O)c1ccc(N)c(F)c1. The van der Waals surface area contributed by atoms with E-state index in [1.807, 2.05) is 6.92 Å². The number of nitrogens with two attached hydrogens (primary N) is 1. The number of halogens is 1. The number of likely N-dealkylation sites (N-methyl/N-ethyl adjacent to an activating group) is 1. The van der Waals surface area contributed by atoms with Crippen molar-refractivity contribution in [1.82, 2.24) is 10.2 Å². The first-order valence-electron chi connectivity index (χ1n) is 5.53. The highest BCUT2D eigenvalue weighted by molar-refractivity contribution is 5.96. The van der Waals surface area contributed by atoms with E-state index < -0.39 is 11.7 Å². The van der Waals surface area contributed by atoms with Gasteiger partial charge in [0.2, 0.25) is 5.91 Å². The van der Waals surface area contributed by atoms with Crippen molar-refractivity contribution < 1.29 is 14.0 Å². The Kier molecular flexibility index (Phi) is 4.65. The third-order valence-electron chi connectivity index (χ3n) is 2.56. The molecule has 3 N–H and O–H groups in total. The first kappa shape index (κ1) is 14.0. The van der Waals surface area contributed by atoms with E-state index >= 15 is 0 Å². The molecule has 0 aromatic heterocycles. The Bertz CT molecular complexity index is 463. The highest BCUT2D eigenvalue weighted by Crippen LogP contribution is 2.11. The van der Waals surface area contributed by atoms with Crippen molar-refractivity contribution in [3.8, 4) is 0 Å². The number of carbonyl (C=O) groups is 2. The molecule has 0 aliphatic carbocycles. The Hall–Kier alpha value is -2.11. The van der Waals surface area contributed by atoms with Crippen LogP contribution in [0.1, 0.15) is 17.3 Å². The maximum absolute atomic E-state index is 13.1. The minimum absolute atomic E-state index is 0.0201. The molecule has 0 aliphatic rings. The number of hydrogen-bond donors (Lipinski definition) is 2. The molecule has 0 aliphatic heterocycles. The Balaban J connectivity index is 2.60. The topological polar surface area (TPSA) is 75.4 Å². The van der Waals surface area contributed by atoms with Crippen molar-refractivity contribution in [3.05, 3.63) is 29.6 Å². The van der Waals surface area contributed by atoms with Gasteiger partial charge in [0.05, 0.1) is 12.2 Å². The zero-order valence-corrected chi connectivity index (χ0v) is 10.4. The summed E-state index contributed by atoms with van der Waals surface area (Å²) in [6.07, 6.45) is 0. The fourth-order valence-electron chi connectivity index (χ4n) is 1.24. The van der Waals surface area contributed by atoms with Crippen LogP contribution in [0, 0.1) is 5.82 Å². The van der Waals surface area contributed by atoms with Crippen molar-refractivity contribution >= 4 is 17.5 Å². The fourth-order valence-corrected chi connectivity index (χ4v) is 1.24. The summed E-state index contributed by atoms with van der Waals surface area (Å²) >= 11 is 0. The summed E-state index contributed by atoms with van der Waals surface area (Å²) < 4.78 is 13.1. The van der Waals surface area contributed by atoms with Crippen molar-refractivity contribution in [2.45, 2.75) is 6.92 Å². The van der Waals surface area contributed by atoms with Gasteiger partial charge < -0.3 is 16.0 Å². The molecule has 0 atom stereocenters. The predicted octanol–water partition coefficient (Wildman–Crippen LogP) is 0.616. The lowest BCUT2D eigenvalue weighted by molar-refractivity contribution is -0.128. The number of nitrogen functional groups attached to an aromatic ring is 1. The van der Waals surface area contributed by atoms with Gasteiger partial charge in [0.1, 0.15) is 5.82 Å². The zero-order chi connectivity index (χ0) is 13.7. The summed E-state index contributed by atoms with van der Waals surface area (Å²) in [6, 6.07) is 3.75. The Labute approximate surface area is 105 Å².